The van der Waals surface area contributed by atoms with E-state index in [2.05, 4.69) is 36.2 Å². The molecule has 0 aromatic heterocycles. The van der Waals surface area contributed by atoms with Crippen molar-refractivity contribution in [3.63, 3.8) is 0 Å². The molecule has 112 valence electrons. The zero-order valence-corrected chi connectivity index (χ0v) is 12.7. The van der Waals surface area contributed by atoms with E-state index >= 15 is 0 Å². The van der Waals surface area contributed by atoms with E-state index in [1.54, 1.807) is 6.07 Å². The molecule has 1 N–H and O–H groups in total. The van der Waals surface area contributed by atoms with Crippen molar-refractivity contribution in [1.29, 1.82) is 0 Å². The van der Waals surface area contributed by atoms with Gasteiger partial charge in [0.1, 0.15) is 0 Å². The van der Waals surface area contributed by atoms with Crippen LogP contribution < -0.4 is 4.74 Å². The number of aromatic hydroxyl groups is 1. The van der Waals surface area contributed by atoms with Gasteiger partial charge in [0.15, 0.2) is 11.5 Å². The summed E-state index contributed by atoms with van der Waals surface area (Å²) in [5, 5.41) is 9.71. The van der Waals surface area contributed by atoms with Gasteiger partial charge >= 0.3 is 0 Å². The fourth-order valence-electron chi connectivity index (χ4n) is 2.28. The summed E-state index contributed by atoms with van der Waals surface area (Å²) in [6.45, 7) is 4.31. The van der Waals surface area contributed by atoms with E-state index in [1.807, 2.05) is 25.1 Å². The molecule has 3 nitrogen and oxygen atoms in total. The van der Waals surface area contributed by atoms with Crippen LogP contribution >= 0.6 is 0 Å². The Kier molecular flexibility index (Phi) is 5.64. The normalized spacial score (nSPS) is 10.8. The molecule has 0 radical (unpaired) electrons. The van der Waals surface area contributed by atoms with Crippen LogP contribution in [0.15, 0.2) is 48.5 Å². The molecule has 2 aromatic rings. The Labute approximate surface area is 126 Å². The maximum Gasteiger partial charge on any atom is 0.161 e. The summed E-state index contributed by atoms with van der Waals surface area (Å²) in [6.07, 6.45) is 1.04. The summed E-state index contributed by atoms with van der Waals surface area (Å²) in [5.74, 6) is 0.763. The van der Waals surface area contributed by atoms with Crippen LogP contribution in [0.5, 0.6) is 11.5 Å². The Hall–Kier alpha value is -2.00. The van der Waals surface area contributed by atoms with Crippen LogP contribution in [0, 0.1) is 0 Å². The molecule has 0 aliphatic rings. The predicted octanol–water partition coefficient (Wildman–Crippen LogP) is 3.47. The minimum atomic E-state index is 0.201. The third kappa shape index (κ3) is 4.80. The van der Waals surface area contributed by atoms with Crippen LogP contribution in [0.1, 0.15) is 18.1 Å². The van der Waals surface area contributed by atoms with E-state index in [1.165, 1.54) is 5.56 Å². The SMILES string of the molecule is CCOc1cc(CN(C)CCc2ccccc2)ccc1O. The van der Waals surface area contributed by atoms with E-state index in [9.17, 15) is 5.11 Å². The molecule has 0 aliphatic carbocycles. The van der Waals surface area contributed by atoms with Crippen LogP contribution in [0.2, 0.25) is 0 Å². The number of hydrogen-bond acceptors (Lipinski definition) is 3. The second kappa shape index (κ2) is 7.70. The molecule has 0 saturated heterocycles. The Balaban J connectivity index is 1.90. The topological polar surface area (TPSA) is 32.7 Å². The minimum absolute atomic E-state index is 0.201. The lowest BCUT2D eigenvalue weighted by Gasteiger charge is -2.17. The summed E-state index contributed by atoms with van der Waals surface area (Å²) in [7, 11) is 2.11. The van der Waals surface area contributed by atoms with Crippen molar-refractivity contribution in [1.82, 2.24) is 4.90 Å². The van der Waals surface area contributed by atoms with Crippen LogP contribution in [0.25, 0.3) is 0 Å². The van der Waals surface area contributed by atoms with E-state index in [4.69, 9.17) is 4.74 Å². The highest BCUT2D eigenvalue weighted by atomic mass is 16.5. The van der Waals surface area contributed by atoms with Crippen LogP contribution in [0.4, 0.5) is 0 Å². The van der Waals surface area contributed by atoms with Gasteiger partial charge < -0.3 is 14.7 Å². The minimum Gasteiger partial charge on any atom is -0.504 e. The Morgan fingerprint density at radius 2 is 1.81 bits per heavy atom. The Morgan fingerprint density at radius 1 is 1.05 bits per heavy atom. The number of phenolic OH excluding ortho intramolecular Hbond substituents is 1. The van der Waals surface area contributed by atoms with Crippen molar-refractivity contribution >= 4 is 0 Å². The van der Waals surface area contributed by atoms with Gasteiger partial charge in [-0.05, 0) is 43.7 Å². The highest BCUT2D eigenvalue weighted by molar-refractivity contribution is 5.41. The second-order valence-electron chi connectivity index (χ2n) is 5.21. The number of hydrogen-bond donors (Lipinski definition) is 1. The monoisotopic (exact) mass is 285 g/mol. The molecule has 0 aliphatic heterocycles. The molecule has 0 bridgehead atoms. The zero-order chi connectivity index (χ0) is 15.1. The standard InChI is InChI=1S/C18H23NO2/c1-3-21-18-13-16(9-10-17(18)20)14-19(2)12-11-15-7-5-4-6-8-15/h4-10,13,20H,3,11-12,14H2,1-2H3. The molecule has 2 aromatic carbocycles. The lowest BCUT2D eigenvalue weighted by molar-refractivity contribution is 0.312. The molecule has 0 saturated carbocycles. The number of nitrogens with zero attached hydrogens (tertiary/aromatic N) is 1. The lowest BCUT2D eigenvalue weighted by Crippen LogP contribution is -2.20. The number of ether oxygens (including phenoxy) is 1. The Morgan fingerprint density at radius 3 is 2.52 bits per heavy atom. The smallest absolute Gasteiger partial charge is 0.161 e. The highest BCUT2D eigenvalue weighted by Crippen LogP contribution is 2.27. The number of rotatable bonds is 7. The quantitative estimate of drug-likeness (QED) is 0.845. The van der Waals surface area contributed by atoms with Gasteiger partial charge in [-0.15, -0.1) is 0 Å². The van der Waals surface area contributed by atoms with Crippen molar-refractivity contribution < 1.29 is 9.84 Å². The number of benzene rings is 2. The maximum absolute atomic E-state index is 9.71. The third-order valence-electron chi connectivity index (χ3n) is 3.40. The van der Waals surface area contributed by atoms with E-state index in [0.717, 1.165) is 25.1 Å². The molecule has 2 rings (SSSR count). The van der Waals surface area contributed by atoms with E-state index < -0.39 is 0 Å². The molecule has 0 atom stereocenters. The first-order valence-electron chi connectivity index (χ1n) is 7.36. The second-order valence-corrected chi connectivity index (χ2v) is 5.21. The summed E-state index contributed by atoms with van der Waals surface area (Å²) in [5.41, 5.74) is 2.50. The zero-order valence-electron chi connectivity index (χ0n) is 12.7. The van der Waals surface area contributed by atoms with Crippen LogP contribution in [0.3, 0.4) is 0 Å². The van der Waals surface area contributed by atoms with Crippen molar-refractivity contribution in [2.24, 2.45) is 0 Å². The summed E-state index contributed by atoms with van der Waals surface area (Å²) >= 11 is 0. The highest BCUT2D eigenvalue weighted by Gasteiger charge is 2.06. The van der Waals surface area contributed by atoms with Crippen molar-refractivity contribution in [3.8, 4) is 11.5 Å². The molecule has 3 heteroatoms. The fraction of sp³-hybridized carbons (Fsp3) is 0.333. The van der Waals surface area contributed by atoms with Crippen LogP contribution in [-0.2, 0) is 13.0 Å². The Bertz CT molecular complexity index is 554. The first-order valence-corrected chi connectivity index (χ1v) is 7.36. The molecule has 0 fully saturated rings. The average molecular weight is 285 g/mol. The van der Waals surface area contributed by atoms with Gasteiger partial charge in [0.05, 0.1) is 6.61 Å². The maximum atomic E-state index is 9.71. The molecular formula is C18H23NO2. The van der Waals surface area contributed by atoms with Gasteiger partial charge in [0.25, 0.3) is 0 Å². The van der Waals surface area contributed by atoms with Crippen molar-refractivity contribution in [3.05, 3.63) is 59.7 Å². The van der Waals surface area contributed by atoms with Gasteiger partial charge in [-0.2, -0.15) is 0 Å². The van der Waals surface area contributed by atoms with Gasteiger partial charge in [0.2, 0.25) is 0 Å². The first kappa shape index (κ1) is 15.4. The average Bonchev–Trinajstić information content (AvgIpc) is 2.50. The van der Waals surface area contributed by atoms with E-state index in [-0.39, 0.29) is 5.75 Å². The summed E-state index contributed by atoms with van der Waals surface area (Å²) in [4.78, 5) is 2.27. The lowest BCUT2D eigenvalue weighted by atomic mass is 10.1. The van der Waals surface area contributed by atoms with E-state index in [0.29, 0.717) is 12.4 Å². The largest absolute Gasteiger partial charge is 0.504 e. The molecule has 0 heterocycles. The fourth-order valence-corrected chi connectivity index (χ4v) is 2.28. The number of phenols is 1. The van der Waals surface area contributed by atoms with Crippen molar-refractivity contribution in [2.75, 3.05) is 20.2 Å². The van der Waals surface area contributed by atoms with Crippen LogP contribution in [-0.4, -0.2) is 30.2 Å². The first-order chi connectivity index (χ1) is 10.2. The van der Waals surface area contributed by atoms with Gasteiger partial charge in [-0.25, -0.2) is 0 Å². The molecule has 21 heavy (non-hydrogen) atoms. The van der Waals surface area contributed by atoms with Gasteiger partial charge in [0, 0.05) is 13.1 Å². The summed E-state index contributed by atoms with van der Waals surface area (Å²) < 4.78 is 5.42. The molecular weight excluding hydrogens is 262 g/mol. The van der Waals surface area contributed by atoms with Gasteiger partial charge in [-0.3, -0.25) is 0 Å². The van der Waals surface area contributed by atoms with Gasteiger partial charge in [-0.1, -0.05) is 36.4 Å². The molecule has 0 amide bonds. The predicted molar refractivity (Wildman–Crippen MR) is 85.8 cm³/mol. The van der Waals surface area contributed by atoms with Crippen molar-refractivity contribution in [2.45, 2.75) is 19.9 Å². The third-order valence-corrected chi connectivity index (χ3v) is 3.40. The molecule has 0 unspecified atom stereocenters. The number of likely N-dealkylation sites (N-methyl/N-ethyl adjacent to an activating group) is 1. The summed E-state index contributed by atoms with van der Waals surface area (Å²) in [6, 6.07) is 16.1. The molecule has 0 spiro atoms.